The number of hydrogen-bond donors (Lipinski definition) is 2. The molecular weight excluding hydrogens is 428 g/mol. The molecule has 2 aromatic rings. The Balaban J connectivity index is 1.61. The molecule has 7 nitrogen and oxygen atoms in total. The van der Waals surface area contributed by atoms with E-state index in [-0.39, 0.29) is 24.4 Å². The molecule has 8 heteroatoms. The van der Waals surface area contributed by atoms with Crippen LogP contribution in [0.4, 0.5) is 10.5 Å². The van der Waals surface area contributed by atoms with Crippen molar-refractivity contribution in [3.05, 3.63) is 75.4 Å². The van der Waals surface area contributed by atoms with Crippen molar-refractivity contribution in [2.75, 3.05) is 18.9 Å². The van der Waals surface area contributed by atoms with Gasteiger partial charge in [-0.25, -0.2) is 4.79 Å². The molecule has 4 amide bonds. The molecule has 0 saturated carbocycles. The summed E-state index contributed by atoms with van der Waals surface area (Å²) >= 11 is 6.37. The van der Waals surface area contributed by atoms with Gasteiger partial charge in [-0.1, -0.05) is 35.9 Å². The molecule has 0 unspecified atom stereocenters. The van der Waals surface area contributed by atoms with E-state index in [9.17, 15) is 14.4 Å². The highest BCUT2D eigenvalue weighted by Gasteiger charge is 2.45. The van der Waals surface area contributed by atoms with Crippen LogP contribution < -0.4 is 10.6 Å². The van der Waals surface area contributed by atoms with Crippen molar-refractivity contribution in [2.45, 2.75) is 32.9 Å². The average Bonchev–Trinajstić information content (AvgIpc) is 3.07. The highest BCUT2D eigenvalue weighted by Crippen LogP contribution is 2.38. The normalized spacial score (nSPS) is 19.1. The summed E-state index contributed by atoms with van der Waals surface area (Å²) in [4.78, 5) is 41.9. The number of halogens is 1. The maximum absolute atomic E-state index is 13.5. The standard InChI is InChI=1S/C24H25ClN4O3/c1-13-9-14(2)11-16(10-13)26-22(30)15(3)29-12-19-20(23(29)31)21(27-24(32)28(19)4)17-7-5-6-8-18(17)25/h5-11,15,21H,12H2,1-4H3,(H,26,30)(H,27,32)/t15-,21-/m1/s1. The van der Waals surface area contributed by atoms with E-state index in [1.807, 2.05) is 38.1 Å². The Hall–Kier alpha value is -3.32. The molecule has 2 aliphatic heterocycles. The van der Waals surface area contributed by atoms with E-state index in [1.54, 1.807) is 32.2 Å². The maximum Gasteiger partial charge on any atom is 0.322 e. The first kappa shape index (κ1) is 21.9. The van der Waals surface area contributed by atoms with Crippen LogP contribution in [0.25, 0.3) is 0 Å². The topological polar surface area (TPSA) is 81.8 Å². The number of amides is 4. The van der Waals surface area contributed by atoms with Gasteiger partial charge in [0.1, 0.15) is 6.04 Å². The van der Waals surface area contributed by atoms with Gasteiger partial charge >= 0.3 is 6.03 Å². The molecule has 2 N–H and O–H groups in total. The molecule has 2 aromatic carbocycles. The zero-order valence-electron chi connectivity index (χ0n) is 18.4. The van der Waals surface area contributed by atoms with E-state index < -0.39 is 12.1 Å². The molecule has 4 rings (SSSR count). The number of benzene rings is 2. The van der Waals surface area contributed by atoms with Gasteiger partial charge in [0, 0.05) is 17.8 Å². The quantitative estimate of drug-likeness (QED) is 0.740. The molecular formula is C24H25ClN4O3. The van der Waals surface area contributed by atoms with Crippen LogP contribution in [0.15, 0.2) is 53.7 Å². The summed E-state index contributed by atoms with van der Waals surface area (Å²) in [5.41, 5.74) is 4.42. The Morgan fingerprint density at radius 2 is 1.81 bits per heavy atom. The van der Waals surface area contributed by atoms with E-state index in [0.29, 0.717) is 27.5 Å². The zero-order chi connectivity index (χ0) is 23.2. The number of carbonyl (C=O) groups is 3. The van der Waals surface area contributed by atoms with Gasteiger partial charge in [-0.05, 0) is 55.7 Å². The summed E-state index contributed by atoms with van der Waals surface area (Å²) in [6.07, 6.45) is 0. The molecule has 0 bridgehead atoms. The van der Waals surface area contributed by atoms with Gasteiger partial charge < -0.3 is 15.5 Å². The molecule has 0 saturated heterocycles. The number of hydrogen-bond acceptors (Lipinski definition) is 3. The maximum atomic E-state index is 13.5. The summed E-state index contributed by atoms with van der Waals surface area (Å²) in [6, 6.07) is 11.2. The SMILES string of the molecule is Cc1cc(C)cc(NC(=O)[C@@H](C)N2CC3=C(C2=O)[C@@H](c2ccccc2Cl)NC(=O)N3C)c1. The predicted molar refractivity (Wildman–Crippen MR) is 123 cm³/mol. The van der Waals surface area contributed by atoms with Crippen molar-refractivity contribution in [3.8, 4) is 0 Å². The molecule has 2 heterocycles. The molecule has 2 aliphatic rings. The molecule has 0 fully saturated rings. The number of nitrogens with zero attached hydrogens (tertiary/aromatic N) is 2. The summed E-state index contributed by atoms with van der Waals surface area (Å²) in [5, 5.41) is 6.23. The molecule has 0 aliphatic carbocycles. The average molecular weight is 453 g/mol. The van der Waals surface area contributed by atoms with Gasteiger partial charge in [0.25, 0.3) is 5.91 Å². The van der Waals surface area contributed by atoms with E-state index in [0.717, 1.165) is 11.1 Å². The number of carbonyl (C=O) groups excluding carboxylic acids is 3. The summed E-state index contributed by atoms with van der Waals surface area (Å²) in [7, 11) is 1.62. The van der Waals surface area contributed by atoms with Crippen molar-refractivity contribution in [2.24, 2.45) is 0 Å². The number of rotatable bonds is 4. The molecule has 166 valence electrons. The zero-order valence-corrected chi connectivity index (χ0v) is 19.2. The second-order valence-electron chi connectivity index (χ2n) is 8.30. The monoisotopic (exact) mass is 452 g/mol. The van der Waals surface area contributed by atoms with Crippen LogP contribution >= 0.6 is 11.6 Å². The molecule has 2 atom stereocenters. The number of anilines is 1. The van der Waals surface area contributed by atoms with Gasteiger partial charge in [-0.15, -0.1) is 0 Å². The lowest BCUT2D eigenvalue weighted by Crippen LogP contribution is -2.45. The van der Waals surface area contributed by atoms with E-state index in [4.69, 9.17) is 11.6 Å². The second kappa shape index (κ2) is 8.31. The third-order valence-corrected chi connectivity index (χ3v) is 6.28. The number of nitrogens with one attached hydrogen (secondary N) is 2. The van der Waals surface area contributed by atoms with Crippen molar-refractivity contribution >= 4 is 35.1 Å². The van der Waals surface area contributed by atoms with Crippen molar-refractivity contribution in [1.82, 2.24) is 15.1 Å². The van der Waals surface area contributed by atoms with E-state index in [1.165, 1.54) is 9.80 Å². The Morgan fingerprint density at radius 3 is 2.47 bits per heavy atom. The van der Waals surface area contributed by atoms with Gasteiger partial charge in [0.15, 0.2) is 0 Å². The summed E-state index contributed by atoms with van der Waals surface area (Å²) in [5.74, 6) is -0.584. The first-order chi connectivity index (χ1) is 15.2. The first-order valence-electron chi connectivity index (χ1n) is 10.4. The highest BCUT2D eigenvalue weighted by atomic mass is 35.5. The smallest absolute Gasteiger partial charge is 0.322 e. The fourth-order valence-corrected chi connectivity index (χ4v) is 4.52. The van der Waals surface area contributed by atoms with E-state index >= 15 is 0 Å². The Kier molecular flexibility index (Phi) is 5.69. The first-order valence-corrected chi connectivity index (χ1v) is 10.8. The minimum Gasteiger partial charge on any atom is -0.326 e. The van der Waals surface area contributed by atoms with Crippen LogP contribution in [0.1, 0.15) is 29.7 Å². The predicted octanol–water partition coefficient (Wildman–Crippen LogP) is 3.78. The van der Waals surface area contributed by atoms with E-state index in [2.05, 4.69) is 10.6 Å². The summed E-state index contributed by atoms with van der Waals surface area (Å²) < 4.78 is 0. The third-order valence-electron chi connectivity index (χ3n) is 5.94. The van der Waals surface area contributed by atoms with Crippen molar-refractivity contribution < 1.29 is 14.4 Å². The largest absolute Gasteiger partial charge is 0.326 e. The lowest BCUT2D eigenvalue weighted by molar-refractivity contribution is -0.133. The fourth-order valence-electron chi connectivity index (χ4n) is 4.28. The van der Waals surface area contributed by atoms with Gasteiger partial charge in [0.05, 0.1) is 23.9 Å². The van der Waals surface area contributed by atoms with Crippen molar-refractivity contribution in [1.29, 1.82) is 0 Å². The fraction of sp³-hybridized carbons (Fsp3) is 0.292. The minimum atomic E-state index is -0.732. The Labute approximate surface area is 192 Å². The lowest BCUT2D eigenvalue weighted by atomic mass is 9.95. The Bertz CT molecular complexity index is 1140. The van der Waals surface area contributed by atoms with Crippen LogP contribution in [0.2, 0.25) is 5.02 Å². The number of urea groups is 1. The van der Waals surface area contributed by atoms with Crippen LogP contribution in [0.5, 0.6) is 0 Å². The van der Waals surface area contributed by atoms with Crippen LogP contribution in [0.3, 0.4) is 0 Å². The third kappa shape index (κ3) is 3.84. The summed E-state index contributed by atoms with van der Waals surface area (Å²) in [6.45, 7) is 5.78. The van der Waals surface area contributed by atoms with Crippen LogP contribution in [-0.2, 0) is 9.59 Å². The van der Waals surface area contributed by atoms with Crippen LogP contribution in [-0.4, -0.2) is 47.3 Å². The Morgan fingerprint density at radius 1 is 1.16 bits per heavy atom. The molecule has 0 aromatic heterocycles. The van der Waals surface area contributed by atoms with Crippen LogP contribution in [0, 0.1) is 13.8 Å². The highest BCUT2D eigenvalue weighted by molar-refractivity contribution is 6.31. The number of likely N-dealkylation sites (N-methyl/N-ethyl adjacent to an activating group) is 1. The minimum absolute atomic E-state index is 0.167. The lowest BCUT2D eigenvalue weighted by Gasteiger charge is -2.31. The molecule has 32 heavy (non-hydrogen) atoms. The molecule has 0 spiro atoms. The number of aryl methyl sites for hydroxylation is 2. The second-order valence-corrected chi connectivity index (χ2v) is 8.71. The molecule has 0 radical (unpaired) electrons. The van der Waals surface area contributed by atoms with Crippen molar-refractivity contribution in [3.63, 3.8) is 0 Å². The van der Waals surface area contributed by atoms with Gasteiger partial charge in [0.2, 0.25) is 5.91 Å². The van der Waals surface area contributed by atoms with Gasteiger partial charge in [-0.2, -0.15) is 0 Å². The van der Waals surface area contributed by atoms with Gasteiger partial charge in [-0.3, -0.25) is 14.5 Å².